The predicted molar refractivity (Wildman–Crippen MR) is 285 cm³/mol. The van der Waals surface area contributed by atoms with Gasteiger partial charge in [0.25, 0.3) is 0 Å². The van der Waals surface area contributed by atoms with E-state index in [-0.39, 0.29) is 0 Å². The summed E-state index contributed by atoms with van der Waals surface area (Å²) in [5.74, 6) is 2.05. The Balaban J connectivity index is 0.000000215. The van der Waals surface area contributed by atoms with Crippen molar-refractivity contribution in [3.05, 3.63) is 179 Å². The maximum atomic E-state index is 4.93. The maximum absolute atomic E-state index is 4.93. The Hall–Kier alpha value is -3.78. The van der Waals surface area contributed by atoms with Crippen molar-refractivity contribution in [1.82, 2.24) is 0 Å². The van der Waals surface area contributed by atoms with E-state index in [1.54, 1.807) is 0 Å². The minimum absolute atomic E-state index is 0.512. The van der Waals surface area contributed by atoms with Gasteiger partial charge in [-0.05, 0) is 92.1 Å². The molecule has 0 saturated carbocycles. The molecule has 64 heavy (non-hydrogen) atoms. The van der Waals surface area contributed by atoms with Gasteiger partial charge in [-0.3, -0.25) is 0 Å². The number of fused-ring (bicyclic) bond motifs is 2. The molecule has 2 radical (unpaired) electrons. The van der Waals surface area contributed by atoms with Crippen LogP contribution >= 0.6 is 17.0 Å². The molecular formula is C60H68Cl2SiZr. The Morgan fingerprint density at radius 2 is 0.734 bits per heavy atom. The van der Waals surface area contributed by atoms with E-state index in [0.29, 0.717) is 23.7 Å². The number of benzene rings is 6. The van der Waals surface area contributed by atoms with Crippen molar-refractivity contribution < 1.29 is 20.8 Å². The normalized spacial score (nSPS) is 11.0. The molecule has 0 atom stereocenters. The monoisotopic (exact) mass is 976 g/mol. The van der Waals surface area contributed by atoms with E-state index in [4.69, 9.17) is 17.0 Å². The molecule has 0 aliphatic carbocycles. The first-order valence-electron chi connectivity index (χ1n) is 23.2. The van der Waals surface area contributed by atoms with Gasteiger partial charge in [-0.2, -0.15) is 12.1 Å². The molecular weight excluding hydrogens is 911 g/mol. The topological polar surface area (TPSA) is 0 Å². The number of aryl methyl sites for hydroxylation is 2. The summed E-state index contributed by atoms with van der Waals surface area (Å²) in [6.45, 7) is 27.1. The van der Waals surface area contributed by atoms with Crippen molar-refractivity contribution in [1.29, 1.82) is 0 Å². The fourth-order valence-electron chi connectivity index (χ4n) is 8.41. The second-order valence-corrected chi connectivity index (χ2v) is 22.8. The molecule has 330 valence electrons. The zero-order valence-corrected chi connectivity index (χ0v) is 45.3. The van der Waals surface area contributed by atoms with E-state index in [9.17, 15) is 0 Å². The Morgan fingerprint density at radius 3 is 1.00 bits per heavy atom. The van der Waals surface area contributed by atoms with Crippen molar-refractivity contribution >= 4 is 48.1 Å². The molecule has 0 bridgehead atoms. The van der Waals surface area contributed by atoms with Gasteiger partial charge >= 0.3 is 37.9 Å². The first kappa shape index (κ1) is 51.2. The fourth-order valence-corrected chi connectivity index (χ4v) is 8.41. The van der Waals surface area contributed by atoms with Crippen LogP contribution in [-0.4, -0.2) is 9.52 Å². The summed E-state index contributed by atoms with van der Waals surface area (Å²) in [4.78, 5) is 0. The van der Waals surface area contributed by atoms with Crippen LogP contribution in [0.15, 0.2) is 146 Å². The summed E-state index contributed by atoms with van der Waals surface area (Å²) in [6.07, 6.45) is 2.14. The average molecular weight is 979 g/mol. The van der Waals surface area contributed by atoms with Crippen molar-refractivity contribution in [3.63, 3.8) is 0 Å². The molecule has 0 unspecified atom stereocenters. The molecule has 0 nitrogen and oxygen atoms in total. The van der Waals surface area contributed by atoms with Crippen LogP contribution < -0.4 is 0 Å². The zero-order chi connectivity index (χ0) is 46.5. The first-order valence-corrected chi connectivity index (χ1v) is 31.5. The molecule has 8 rings (SSSR count). The minimum atomic E-state index is -0.826. The summed E-state index contributed by atoms with van der Waals surface area (Å²) in [5.41, 5.74) is 19.2. The van der Waals surface area contributed by atoms with Crippen LogP contribution in [0.5, 0.6) is 0 Å². The second-order valence-electron chi connectivity index (χ2n) is 18.1. The number of hydrogen-bond acceptors (Lipinski definition) is 0. The van der Waals surface area contributed by atoms with E-state index in [0.717, 1.165) is 22.4 Å². The molecule has 0 spiro atoms. The van der Waals surface area contributed by atoms with Gasteiger partial charge in [0.15, 0.2) is 0 Å². The summed E-state index contributed by atoms with van der Waals surface area (Å²) in [7, 11) is 11.0. The van der Waals surface area contributed by atoms with Gasteiger partial charge in [-0.15, -0.1) is 56.9 Å². The standard InChI is InChI=1S/2C29H31.C2H6Si.2ClH.Zr/c2*1-6-21-14-23-12-13-27(22-10-8-7-9-11-22)29(28(23)15-21)26-17-24(19(2)3)16-25(18-26)20(4)5;1-3-2;;;/h2*7-20H,6H2,1-5H3;1-2H3;2*1H;/q2*-1;;;;+4/p-2. The average Bonchev–Trinajstić information content (AvgIpc) is 3.94. The second kappa shape index (κ2) is 24.7. The molecule has 0 amide bonds. The molecule has 0 aliphatic rings. The van der Waals surface area contributed by atoms with E-state index in [2.05, 4.69) is 228 Å². The number of hydrogen-bond donors (Lipinski definition) is 0. The van der Waals surface area contributed by atoms with Gasteiger partial charge < -0.3 is 0 Å². The molecule has 0 aromatic heterocycles. The van der Waals surface area contributed by atoms with E-state index < -0.39 is 20.8 Å². The van der Waals surface area contributed by atoms with Gasteiger partial charge in [0, 0.05) is 9.52 Å². The van der Waals surface area contributed by atoms with Gasteiger partial charge in [0.05, 0.1) is 0 Å². The van der Waals surface area contributed by atoms with Crippen LogP contribution in [0.4, 0.5) is 0 Å². The predicted octanol–water partition coefficient (Wildman–Crippen LogP) is 19.6. The molecule has 4 heteroatoms. The third-order valence-corrected chi connectivity index (χ3v) is 12.1. The number of rotatable bonds is 10. The number of halogens is 2. The SMILES string of the molecule is CCc1cc2c(-c3cc(C(C)C)cc(C(C)C)c3)c(-c3ccccc3)ccc2[cH-]1.CCc1cc2c(-c3cc(C(C)C)cc(C(C)C)c3)c(-c3ccccc3)ccc2[cH-]1.C[Si]C.[Cl][Zr+2][Cl]. The van der Waals surface area contributed by atoms with E-state index in [1.807, 2.05) is 0 Å². The molecule has 0 saturated heterocycles. The fraction of sp³-hybridized carbons (Fsp3) is 0.300. The molecule has 0 heterocycles. The quantitative estimate of drug-likeness (QED) is 0.0946. The Morgan fingerprint density at radius 1 is 0.438 bits per heavy atom. The van der Waals surface area contributed by atoms with Crippen molar-refractivity contribution in [3.8, 4) is 44.5 Å². The molecule has 8 aromatic carbocycles. The molecule has 8 aromatic rings. The Labute approximate surface area is 408 Å². The van der Waals surface area contributed by atoms with Crippen LogP contribution in [-0.2, 0) is 33.7 Å². The summed E-state index contributed by atoms with van der Waals surface area (Å²) < 4.78 is 0. The third-order valence-electron chi connectivity index (χ3n) is 12.1. The molecule has 0 aliphatic heterocycles. The third kappa shape index (κ3) is 12.8. The van der Waals surface area contributed by atoms with Crippen LogP contribution in [0.3, 0.4) is 0 Å². The van der Waals surface area contributed by atoms with E-state index >= 15 is 0 Å². The molecule has 0 fully saturated rings. The zero-order valence-electron chi connectivity index (χ0n) is 40.3. The van der Waals surface area contributed by atoms with Crippen LogP contribution in [0.1, 0.15) is 126 Å². The Bertz CT molecular complexity index is 2440. The van der Waals surface area contributed by atoms with Crippen LogP contribution in [0.2, 0.25) is 13.1 Å². The van der Waals surface area contributed by atoms with Gasteiger partial charge in [-0.1, -0.05) is 203 Å². The van der Waals surface area contributed by atoms with Crippen molar-refractivity contribution in [2.75, 3.05) is 0 Å². The molecule has 0 N–H and O–H groups in total. The summed E-state index contributed by atoms with van der Waals surface area (Å²) in [6, 6.07) is 54.8. The summed E-state index contributed by atoms with van der Waals surface area (Å²) >= 11 is -0.826. The van der Waals surface area contributed by atoms with Crippen molar-refractivity contribution in [2.24, 2.45) is 0 Å². The summed E-state index contributed by atoms with van der Waals surface area (Å²) in [5, 5.41) is 5.44. The van der Waals surface area contributed by atoms with Gasteiger partial charge in [0.2, 0.25) is 0 Å². The van der Waals surface area contributed by atoms with E-state index in [1.165, 1.54) is 99.4 Å². The first-order chi connectivity index (χ1) is 30.8. The van der Waals surface area contributed by atoms with Crippen LogP contribution in [0.25, 0.3) is 66.1 Å². The van der Waals surface area contributed by atoms with Crippen LogP contribution in [0, 0.1) is 0 Å². The van der Waals surface area contributed by atoms with Gasteiger partial charge in [0.1, 0.15) is 0 Å². The van der Waals surface area contributed by atoms with Crippen molar-refractivity contribution in [2.45, 2.75) is 119 Å². The van der Waals surface area contributed by atoms with Gasteiger partial charge in [-0.25, -0.2) is 0 Å². The Kier molecular flexibility index (Phi) is 19.7.